The largest absolute Gasteiger partial charge is 0.420 e. The van der Waals surface area contributed by atoms with Gasteiger partial charge in [0.25, 0.3) is 0 Å². The van der Waals surface area contributed by atoms with Crippen molar-refractivity contribution >= 4 is 22.1 Å². The van der Waals surface area contributed by atoms with Crippen molar-refractivity contribution in [1.29, 1.82) is 0 Å². The Bertz CT molecular complexity index is 827. The number of aromatic amines is 1. The molecule has 2 aromatic carbocycles. The van der Waals surface area contributed by atoms with Gasteiger partial charge < -0.3 is 9.40 Å². The number of fused-ring (bicyclic) bond motifs is 3. The molecule has 0 fully saturated rings. The summed E-state index contributed by atoms with van der Waals surface area (Å²) in [4.78, 5) is 7.81. The van der Waals surface area contributed by atoms with E-state index in [0.29, 0.717) is 5.89 Å². The zero-order valence-corrected chi connectivity index (χ0v) is 9.55. The van der Waals surface area contributed by atoms with Gasteiger partial charge in [-0.1, -0.05) is 36.4 Å². The van der Waals surface area contributed by atoms with Crippen LogP contribution < -0.4 is 0 Å². The zero-order chi connectivity index (χ0) is 11.9. The predicted octanol–water partition coefficient (Wildman–Crippen LogP) is 3.98. The molecule has 0 aliphatic carbocycles. The third-order valence-electron chi connectivity index (χ3n) is 3.08. The summed E-state index contributed by atoms with van der Waals surface area (Å²) in [6, 6.07) is 18.0. The molecule has 0 radical (unpaired) electrons. The molecule has 1 N–H and O–H groups in total. The van der Waals surface area contributed by atoms with E-state index in [9.17, 15) is 0 Å². The number of nitrogens with zero attached hydrogens (tertiary/aromatic N) is 1. The molecule has 0 saturated heterocycles. The van der Waals surface area contributed by atoms with Gasteiger partial charge in [0.2, 0.25) is 11.6 Å². The van der Waals surface area contributed by atoms with E-state index in [0.717, 1.165) is 27.7 Å². The first kappa shape index (κ1) is 9.48. The lowest BCUT2D eigenvalue weighted by Crippen LogP contribution is -1.75. The quantitative estimate of drug-likeness (QED) is 0.541. The summed E-state index contributed by atoms with van der Waals surface area (Å²) in [6.07, 6.45) is 0. The monoisotopic (exact) mass is 234 g/mol. The van der Waals surface area contributed by atoms with E-state index < -0.39 is 0 Å². The van der Waals surface area contributed by atoms with Crippen LogP contribution in [0.5, 0.6) is 0 Å². The number of para-hydroxylation sites is 1. The summed E-state index contributed by atoms with van der Waals surface area (Å²) in [5.74, 6) is 0.655. The summed E-state index contributed by atoms with van der Waals surface area (Å²) in [5.41, 5.74) is 3.67. The number of aromatic nitrogens is 2. The highest BCUT2D eigenvalue weighted by Gasteiger charge is 2.12. The highest BCUT2D eigenvalue weighted by molar-refractivity contribution is 6.03. The second-order valence-electron chi connectivity index (χ2n) is 4.23. The lowest BCUT2D eigenvalue weighted by atomic mass is 10.2. The van der Waals surface area contributed by atoms with Crippen molar-refractivity contribution in [2.45, 2.75) is 0 Å². The van der Waals surface area contributed by atoms with Crippen molar-refractivity contribution < 1.29 is 4.42 Å². The van der Waals surface area contributed by atoms with E-state index in [4.69, 9.17) is 4.42 Å². The predicted molar refractivity (Wildman–Crippen MR) is 71.3 cm³/mol. The molecule has 0 bridgehead atoms. The van der Waals surface area contributed by atoms with E-state index >= 15 is 0 Å². The van der Waals surface area contributed by atoms with Gasteiger partial charge in [-0.2, -0.15) is 0 Å². The fourth-order valence-corrected chi connectivity index (χ4v) is 2.21. The van der Waals surface area contributed by atoms with Gasteiger partial charge in [-0.05, 0) is 18.2 Å². The van der Waals surface area contributed by atoms with Crippen LogP contribution in [-0.2, 0) is 0 Å². The Balaban J connectivity index is 2.00. The molecule has 0 spiro atoms. The lowest BCUT2D eigenvalue weighted by molar-refractivity contribution is 0.609. The maximum atomic E-state index is 5.77. The Morgan fingerprint density at radius 2 is 1.67 bits per heavy atom. The Kier molecular flexibility index (Phi) is 1.83. The zero-order valence-electron chi connectivity index (χ0n) is 9.55. The van der Waals surface area contributed by atoms with E-state index in [1.54, 1.807) is 0 Å². The average molecular weight is 234 g/mol. The number of H-pyrrole nitrogens is 1. The van der Waals surface area contributed by atoms with Crippen LogP contribution in [0, 0.1) is 0 Å². The van der Waals surface area contributed by atoms with E-state index in [-0.39, 0.29) is 0 Å². The molecule has 86 valence electrons. The Morgan fingerprint density at radius 1 is 0.889 bits per heavy atom. The summed E-state index contributed by atoms with van der Waals surface area (Å²) in [5, 5.41) is 1.10. The molecule has 3 nitrogen and oxygen atoms in total. The molecular weight excluding hydrogens is 224 g/mol. The van der Waals surface area contributed by atoms with Crippen LogP contribution >= 0.6 is 0 Å². The molecular formula is C15H10N2O. The van der Waals surface area contributed by atoms with Crippen molar-refractivity contribution in [2.75, 3.05) is 0 Å². The van der Waals surface area contributed by atoms with Crippen molar-refractivity contribution in [2.24, 2.45) is 0 Å². The maximum absolute atomic E-state index is 5.77. The van der Waals surface area contributed by atoms with Gasteiger partial charge in [0.1, 0.15) is 5.52 Å². The normalized spacial score (nSPS) is 11.3. The molecule has 0 unspecified atom stereocenters. The molecule has 0 amide bonds. The first-order valence-electron chi connectivity index (χ1n) is 5.84. The van der Waals surface area contributed by atoms with Gasteiger partial charge in [-0.3, -0.25) is 0 Å². The molecule has 2 aromatic heterocycles. The molecule has 2 heterocycles. The smallest absolute Gasteiger partial charge is 0.229 e. The van der Waals surface area contributed by atoms with Crippen LogP contribution in [-0.4, -0.2) is 9.97 Å². The number of hydrogen-bond donors (Lipinski definition) is 1. The SMILES string of the molecule is c1ccc(-c2nc3c([nH]c4ccccc43)o2)cc1. The number of oxazole rings is 1. The summed E-state index contributed by atoms with van der Waals surface area (Å²) in [6.45, 7) is 0. The molecule has 0 saturated carbocycles. The minimum atomic E-state index is 0.655. The first-order valence-corrected chi connectivity index (χ1v) is 5.84. The minimum absolute atomic E-state index is 0.655. The fraction of sp³-hybridized carbons (Fsp3) is 0. The number of benzene rings is 2. The number of hydrogen-bond acceptors (Lipinski definition) is 2. The van der Waals surface area contributed by atoms with E-state index in [2.05, 4.69) is 9.97 Å². The highest BCUT2D eigenvalue weighted by Crippen LogP contribution is 2.29. The molecule has 18 heavy (non-hydrogen) atoms. The van der Waals surface area contributed by atoms with Crippen molar-refractivity contribution in [1.82, 2.24) is 9.97 Å². The Hall–Kier alpha value is -2.55. The van der Waals surface area contributed by atoms with Crippen LogP contribution in [0.3, 0.4) is 0 Å². The van der Waals surface area contributed by atoms with Crippen LogP contribution in [0.2, 0.25) is 0 Å². The fourth-order valence-electron chi connectivity index (χ4n) is 2.21. The minimum Gasteiger partial charge on any atom is -0.420 e. The van der Waals surface area contributed by atoms with Gasteiger partial charge in [-0.25, -0.2) is 4.98 Å². The van der Waals surface area contributed by atoms with Gasteiger partial charge >= 0.3 is 0 Å². The maximum Gasteiger partial charge on any atom is 0.229 e. The topological polar surface area (TPSA) is 41.8 Å². The van der Waals surface area contributed by atoms with E-state index in [1.165, 1.54) is 0 Å². The van der Waals surface area contributed by atoms with Crippen LogP contribution in [0.25, 0.3) is 33.6 Å². The van der Waals surface area contributed by atoms with Gasteiger partial charge in [-0.15, -0.1) is 0 Å². The molecule has 4 aromatic rings. The van der Waals surface area contributed by atoms with Crippen LogP contribution in [0.15, 0.2) is 59.0 Å². The van der Waals surface area contributed by atoms with Gasteiger partial charge in [0.05, 0.1) is 5.52 Å². The summed E-state index contributed by atoms with van der Waals surface area (Å²) >= 11 is 0. The number of rotatable bonds is 1. The lowest BCUT2D eigenvalue weighted by Gasteiger charge is -1.92. The molecule has 0 aliphatic heterocycles. The Morgan fingerprint density at radius 3 is 2.56 bits per heavy atom. The van der Waals surface area contributed by atoms with E-state index in [1.807, 2.05) is 54.6 Å². The van der Waals surface area contributed by atoms with Crippen molar-refractivity contribution in [3.8, 4) is 11.5 Å². The van der Waals surface area contributed by atoms with Gasteiger partial charge in [0, 0.05) is 10.9 Å². The second-order valence-corrected chi connectivity index (χ2v) is 4.23. The van der Waals surface area contributed by atoms with Crippen LogP contribution in [0.4, 0.5) is 0 Å². The molecule has 4 rings (SSSR count). The van der Waals surface area contributed by atoms with Gasteiger partial charge in [0.15, 0.2) is 0 Å². The summed E-state index contributed by atoms with van der Waals surface area (Å²) in [7, 11) is 0. The highest BCUT2D eigenvalue weighted by atomic mass is 16.4. The third kappa shape index (κ3) is 1.27. The molecule has 3 heteroatoms. The summed E-state index contributed by atoms with van der Waals surface area (Å²) < 4.78 is 5.77. The van der Waals surface area contributed by atoms with Crippen LogP contribution in [0.1, 0.15) is 0 Å². The number of nitrogens with one attached hydrogen (secondary N) is 1. The van der Waals surface area contributed by atoms with Crippen molar-refractivity contribution in [3.63, 3.8) is 0 Å². The standard InChI is InChI=1S/C15H10N2O/c1-2-6-10(7-3-1)14-17-13-11-8-4-5-9-12(11)16-15(13)18-14/h1-9,16H. The second kappa shape index (κ2) is 3.47. The molecule has 0 aliphatic rings. The third-order valence-corrected chi connectivity index (χ3v) is 3.08. The first-order chi connectivity index (χ1) is 8.92. The van der Waals surface area contributed by atoms with Crippen molar-refractivity contribution in [3.05, 3.63) is 54.6 Å². The Labute approximate surface area is 103 Å². The average Bonchev–Trinajstić information content (AvgIpc) is 2.97. The molecule has 0 atom stereocenters.